The lowest BCUT2D eigenvalue weighted by molar-refractivity contribution is 0.0709. The summed E-state index contributed by atoms with van der Waals surface area (Å²) in [7, 11) is 1.87. The summed E-state index contributed by atoms with van der Waals surface area (Å²) >= 11 is 3.62. The number of benzene rings is 2. The summed E-state index contributed by atoms with van der Waals surface area (Å²) in [6.07, 6.45) is 1.91. The van der Waals surface area contributed by atoms with Crippen LogP contribution in [-0.4, -0.2) is 51.7 Å². The number of anilines is 1. The predicted octanol–water partition coefficient (Wildman–Crippen LogP) is 5.34. The number of aryl methyl sites for hydroxylation is 1. The molecule has 0 aliphatic carbocycles. The highest BCUT2D eigenvalue weighted by Crippen LogP contribution is 2.24. The highest BCUT2D eigenvalue weighted by atomic mass is 79.9. The molecule has 0 saturated heterocycles. The van der Waals surface area contributed by atoms with Crippen LogP contribution in [0.2, 0.25) is 0 Å². The van der Waals surface area contributed by atoms with Gasteiger partial charge in [0.1, 0.15) is 5.69 Å². The van der Waals surface area contributed by atoms with Crippen LogP contribution in [0.15, 0.2) is 59.1 Å². The van der Waals surface area contributed by atoms with Gasteiger partial charge < -0.3 is 10.2 Å². The molecule has 1 aliphatic rings. The molecule has 1 amide bonds. The van der Waals surface area contributed by atoms with E-state index >= 15 is 0 Å². The van der Waals surface area contributed by atoms with Gasteiger partial charge in [-0.15, -0.1) is 0 Å². The predicted molar refractivity (Wildman–Crippen MR) is 145 cm³/mol. The zero-order valence-corrected chi connectivity index (χ0v) is 22.6. The summed E-state index contributed by atoms with van der Waals surface area (Å²) in [5.41, 5.74) is 5.13. The molecule has 0 saturated carbocycles. The van der Waals surface area contributed by atoms with Crippen LogP contribution in [0.4, 0.5) is 5.69 Å². The third kappa shape index (κ3) is 6.95. The van der Waals surface area contributed by atoms with Gasteiger partial charge in [-0.2, -0.15) is 5.10 Å². The Morgan fingerprint density at radius 2 is 1.89 bits per heavy atom. The van der Waals surface area contributed by atoms with Gasteiger partial charge in [-0.05, 0) is 54.2 Å². The highest BCUT2D eigenvalue weighted by molar-refractivity contribution is 9.10. The Hall–Kier alpha value is -2.64. The van der Waals surface area contributed by atoms with Gasteiger partial charge in [0.15, 0.2) is 0 Å². The standard InChI is InChI=1S/C28H36BrN5O/c1-21(2)16-25-18-27(32(3)31-25)28(35)34-15-14-33(19-22-8-5-4-6-9-22)13-7-12-30-26-11-10-24(29)17-23(26)20-34/h4-6,8-11,17-18,21,30H,7,12-16,19-20H2,1-3H3. The number of fused-ring (bicyclic) bond motifs is 1. The number of halogens is 1. The number of aromatic nitrogens is 2. The maximum atomic E-state index is 13.8. The molecule has 186 valence electrons. The fraction of sp³-hybridized carbons (Fsp3) is 0.429. The van der Waals surface area contributed by atoms with Crippen molar-refractivity contribution in [3.63, 3.8) is 0 Å². The van der Waals surface area contributed by atoms with Crippen LogP contribution in [0.3, 0.4) is 0 Å². The van der Waals surface area contributed by atoms with E-state index in [1.165, 1.54) is 5.56 Å². The molecular weight excluding hydrogens is 502 g/mol. The minimum atomic E-state index is 0.0276. The molecule has 7 heteroatoms. The third-order valence-electron chi connectivity index (χ3n) is 6.38. The number of hydrogen-bond donors (Lipinski definition) is 1. The number of nitrogens with one attached hydrogen (secondary N) is 1. The second-order valence-electron chi connectivity index (χ2n) is 9.81. The second kappa shape index (κ2) is 11.9. The van der Waals surface area contributed by atoms with Gasteiger partial charge in [0, 0.05) is 56.5 Å². The van der Waals surface area contributed by atoms with Gasteiger partial charge in [0.05, 0.1) is 5.69 Å². The Bertz CT molecular complexity index is 1130. The van der Waals surface area contributed by atoms with Crippen molar-refractivity contribution in [3.8, 4) is 0 Å². The Labute approximate surface area is 217 Å². The van der Waals surface area contributed by atoms with E-state index in [1.54, 1.807) is 4.68 Å². The molecule has 1 aliphatic heterocycles. The van der Waals surface area contributed by atoms with Crippen LogP contribution in [0.1, 0.15) is 47.6 Å². The van der Waals surface area contributed by atoms with Crippen molar-refractivity contribution in [2.24, 2.45) is 13.0 Å². The molecule has 0 fully saturated rings. The molecular formula is C28H36BrN5O. The first-order valence-electron chi connectivity index (χ1n) is 12.5. The fourth-order valence-corrected chi connectivity index (χ4v) is 5.04. The number of nitrogens with zero attached hydrogens (tertiary/aromatic N) is 4. The zero-order chi connectivity index (χ0) is 24.8. The number of amides is 1. The van der Waals surface area contributed by atoms with Crippen molar-refractivity contribution < 1.29 is 4.79 Å². The Morgan fingerprint density at radius 3 is 2.66 bits per heavy atom. The first kappa shape index (κ1) is 25.5. The van der Waals surface area contributed by atoms with Gasteiger partial charge >= 0.3 is 0 Å². The number of rotatable bonds is 5. The molecule has 1 N–H and O–H groups in total. The molecule has 3 aromatic rings. The molecule has 6 nitrogen and oxygen atoms in total. The minimum absolute atomic E-state index is 0.0276. The maximum absolute atomic E-state index is 13.8. The minimum Gasteiger partial charge on any atom is -0.385 e. The summed E-state index contributed by atoms with van der Waals surface area (Å²) in [4.78, 5) is 18.3. The van der Waals surface area contributed by atoms with Crippen LogP contribution in [0.25, 0.3) is 0 Å². The maximum Gasteiger partial charge on any atom is 0.272 e. The van der Waals surface area contributed by atoms with Crippen LogP contribution in [-0.2, 0) is 26.6 Å². The SMILES string of the molecule is CC(C)Cc1cc(C(=O)N2CCN(Cc3ccccc3)CCCNc3ccc(Br)cc3C2)n(C)n1. The van der Waals surface area contributed by atoms with E-state index in [0.717, 1.165) is 60.4 Å². The molecule has 0 spiro atoms. The Kier molecular flexibility index (Phi) is 8.63. The monoisotopic (exact) mass is 537 g/mol. The van der Waals surface area contributed by atoms with Crippen molar-refractivity contribution in [2.75, 3.05) is 31.5 Å². The van der Waals surface area contributed by atoms with Crippen molar-refractivity contribution in [1.82, 2.24) is 19.6 Å². The highest BCUT2D eigenvalue weighted by Gasteiger charge is 2.23. The molecule has 0 atom stereocenters. The molecule has 1 aromatic heterocycles. The molecule has 2 heterocycles. The number of carbonyl (C=O) groups excluding carboxylic acids is 1. The quantitative estimate of drug-likeness (QED) is 0.477. The van der Waals surface area contributed by atoms with Crippen LogP contribution < -0.4 is 5.32 Å². The zero-order valence-electron chi connectivity index (χ0n) is 21.0. The summed E-state index contributed by atoms with van der Waals surface area (Å²) in [6.45, 7) is 9.12. The average molecular weight is 539 g/mol. The smallest absolute Gasteiger partial charge is 0.272 e. The molecule has 0 bridgehead atoms. The Balaban J connectivity index is 1.61. The molecule has 0 radical (unpaired) electrons. The van der Waals surface area contributed by atoms with Crippen LogP contribution in [0.5, 0.6) is 0 Å². The first-order valence-corrected chi connectivity index (χ1v) is 13.3. The molecule has 2 aromatic carbocycles. The van der Waals surface area contributed by atoms with E-state index in [4.69, 9.17) is 0 Å². The van der Waals surface area contributed by atoms with Crippen molar-refractivity contribution in [1.29, 1.82) is 0 Å². The summed E-state index contributed by atoms with van der Waals surface area (Å²) < 4.78 is 2.76. The van der Waals surface area contributed by atoms with E-state index in [-0.39, 0.29) is 5.91 Å². The van der Waals surface area contributed by atoms with Crippen molar-refractivity contribution in [2.45, 2.75) is 39.8 Å². The van der Waals surface area contributed by atoms with E-state index in [0.29, 0.717) is 24.7 Å². The largest absolute Gasteiger partial charge is 0.385 e. The summed E-state index contributed by atoms with van der Waals surface area (Å²) in [5.74, 6) is 0.521. The molecule has 35 heavy (non-hydrogen) atoms. The van der Waals surface area contributed by atoms with Crippen molar-refractivity contribution in [3.05, 3.63) is 81.6 Å². The van der Waals surface area contributed by atoms with E-state index in [2.05, 4.69) is 93.6 Å². The van der Waals surface area contributed by atoms with E-state index in [1.807, 2.05) is 18.0 Å². The van der Waals surface area contributed by atoms with Crippen LogP contribution >= 0.6 is 15.9 Å². The fourth-order valence-electron chi connectivity index (χ4n) is 4.63. The van der Waals surface area contributed by atoms with Crippen molar-refractivity contribution >= 4 is 27.5 Å². The van der Waals surface area contributed by atoms with Gasteiger partial charge in [-0.25, -0.2) is 0 Å². The topological polar surface area (TPSA) is 53.4 Å². The van der Waals surface area contributed by atoms with Gasteiger partial charge in [-0.1, -0.05) is 60.1 Å². The van der Waals surface area contributed by atoms with E-state index < -0.39 is 0 Å². The summed E-state index contributed by atoms with van der Waals surface area (Å²) in [5, 5.41) is 8.23. The number of carbonyl (C=O) groups is 1. The van der Waals surface area contributed by atoms with Gasteiger partial charge in [0.2, 0.25) is 0 Å². The normalized spacial score (nSPS) is 15.4. The average Bonchev–Trinajstić information content (AvgIpc) is 3.17. The lowest BCUT2D eigenvalue weighted by Crippen LogP contribution is -2.39. The number of hydrogen-bond acceptors (Lipinski definition) is 4. The summed E-state index contributed by atoms with van der Waals surface area (Å²) in [6, 6.07) is 18.8. The third-order valence-corrected chi connectivity index (χ3v) is 6.88. The van der Waals surface area contributed by atoms with Gasteiger partial charge in [-0.3, -0.25) is 14.4 Å². The second-order valence-corrected chi connectivity index (χ2v) is 10.7. The lowest BCUT2D eigenvalue weighted by Gasteiger charge is -2.28. The molecule has 4 rings (SSSR count). The molecule has 0 unspecified atom stereocenters. The Morgan fingerprint density at radius 1 is 1.09 bits per heavy atom. The first-order chi connectivity index (χ1) is 16.9. The van der Waals surface area contributed by atoms with Gasteiger partial charge in [0.25, 0.3) is 5.91 Å². The van der Waals surface area contributed by atoms with E-state index in [9.17, 15) is 4.79 Å². The lowest BCUT2D eigenvalue weighted by atomic mass is 10.1. The van der Waals surface area contributed by atoms with Crippen LogP contribution in [0, 0.1) is 5.92 Å².